The summed E-state index contributed by atoms with van der Waals surface area (Å²) in [4.78, 5) is 4.25. The lowest BCUT2D eigenvalue weighted by atomic mass is 10.3. The van der Waals surface area contributed by atoms with E-state index in [4.69, 9.17) is 0 Å². The van der Waals surface area contributed by atoms with Gasteiger partial charge < -0.3 is 0 Å². The van der Waals surface area contributed by atoms with Gasteiger partial charge >= 0.3 is 0 Å². The van der Waals surface area contributed by atoms with Crippen LogP contribution < -0.4 is 0 Å². The molecule has 0 N–H and O–H groups in total. The Bertz CT molecular complexity index is 434. The number of halogens is 1. The fraction of sp³-hybridized carbons (Fsp3) is 0.286. The Hall–Kier alpha value is -0.970. The van der Waals surface area contributed by atoms with Gasteiger partial charge in [0.15, 0.2) is 5.65 Å². The molecule has 5 heteroatoms. The largest absolute Gasteiger partial charge is 0.230 e. The Morgan fingerprint density at radius 1 is 1.50 bits per heavy atom. The SMILES string of the molecule is Cc1cc(Br)nc2c1nnn2C. The van der Waals surface area contributed by atoms with Gasteiger partial charge in [-0.15, -0.1) is 5.10 Å². The van der Waals surface area contributed by atoms with E-state index in [0.29, 0.717) is 0 Å². The molecule has 2 aromatic heterocycles. The van der Waals surface area contributed by atoms with Gasteiger partial charge in [-0.2, -0.15) is 0 Å². The highest BCUT2D eigenvalue weighted by Gasteiger charge is 2.06. The lowest BCUT2D eigenvalue weighted by Crippen LogP contribution is -1.92. The molecule has 0 unspecified atom stereocenters. The highest BCUT2D eigenvalue weighted by atomic mass is 79.9. The zero-order chi connectivity index (χ0) is 8.72. The minimum absolute atomic E-state index is 0.807. The third-order valence-corrected chi connectivity index (χ3v) is 2.13. The molecule has 0 bridgehead atoms. The molecule has 0 spiro atoms. The summed E-state index contributed by atoms with van der Waals surface area (Å²) in [5, 5.41) is 7.87. The first-order valence-corrected chi connectivity index (χ1v) is 4.30. The molecule has 0 aliphatic rings. The van der Waals surface area contributed by atoms with Gasteiger partial charge in [-0.25, -0.2) is 9.67 Å². The normalized spacial score (nSPS) is 10.9. The van der Waals surface area contributed by atoms with Crippen LogP contribution in [0.4, 0.5) is 0 Å². The Morgan fingerprint density at radius 3 is 3.00 bits per heavy atom. The summed E-state index contributed by atoms with van der Waals surface area (Å²) in [6, 6.07) is 1.93. The van der Waals surface area contributed by atoms with Crippen LogP contribution in [0.3, 0.4) is 0 Å². The summed E-state index contributed by atoms with van der Waals surface area (Å²) in [5.74, 6) is 0. The molecule has 0 amide bonds. The van der Waals surface area contributed by atoms with Crippen molar-refractivity contribution in [3.05, 3.63) is 16.2 Å². The van der Waals surface area contributed by atoms with Crippen molar-refractivity contribution in [2.75, 3.05) is 0 Å². The van der Waals surface area contributed by atoms with Gasteiger partial charge in [-0.3, -0.25) is 0 Å². The van der Waals surface area contributed by atoms with Crippen LogP contribution in [-0.2, 0) is 7.05 Å². The Kier molecular flexibility index (Phi) is 1.61. The van der Waals surface area contributed by atoms with Crippen LogP contribution in [0.2, 0.25) is 0 Å². The first-order valence-electron chi connectivity index (χ1n) is 3.51. The Balaban J connectivity index is 2.92. The molecule has 2 aromatic rings. The molecule has 0 saturated heterocycles. The Morgan fingerprint density at radius 2 is 2.25 bits per heavy atom. The van der Waals surface area contributed by atoms with Crippen LogP contribution in [0.1, 0.15) is 5.56 Å². The summed E-state index contributed by atoms with van der Waals surface area (Å²) in [7, 11) is 1.83. The lowest BCUT2D eigenvalue weighted by Gasteiger charge is -1.95. The molecule has 2 rings (SSSR count). The van der Waals surface area contributed by atoms with Crippen molar-refractivity contribution in [3.8, 4) is 0 Å². The molecule has 0 aliphatic carbocycles. The maximum Gasteiger partial charge on any atom is 0.179 e. The third-order valence-electron chi connectivity index (χ3n) is 1.72. The second kappa shape index (κ2) is 2.52. The quantitative estimate of drug-likeness (QED) is 0.639. The van der Waals surface area contributed by atoms with Gasteiger partial charge in [-0.05, 0) is 34.5 Å². The van der Waals surface area contributed by atoms with Crippen LogP contribution in [0.5, 0.6) is 0 Å². The van der Waals surface area contributed by atoms with Crippen LogP contribution in [0, 0.1) is 6.92 Å². The zero-order valence-corrected chi connectivity index (χ0v) is 8.33. The van der Waals surface area contributed by atoms with E-state index in [2.05, 4.69) is 31.2 Å². The molecule has 0 aliphatic heterocycles. The van der Waals surface area contributed by atoms with E-state index in [1.165, 1.54) is 0 Å². The number of nitrogens with zero attached hydrogens (tertiary/aromatic N) is 4. The van der Waals surface area contributed by atoms with Gasteiger partial charge in [0.25, 0.3) is 0 Å². The van der Waals surface area contributed by atoms with E-state index in [1.807, 2.05) is 20.0 Å². The van der Waals surface area contributed by atoms with Gasteiger partial charge in [0, 0.05) is 7.05 Å². The van der Waals surface area contributed by atoms with Crippen molar-refractivity contribution >= 4 is 27.1 Å². The fourth-order valence-electron chi connectivity index (χ4n) is 1.11. The van der Waals surface area contributed by atoms with Crippen LogP contribution >= 0.6 is 15.9 Å². The van der Waals surface area contributed by atoms with Crippen LogP contribution in [0.25, 0.3) is 11.2 Å². The first-order chi connectivity index (χ1) is 5.68. The molecule has 0 aromatic carbocycles. The van der Waals surface area contributed by atoms with E-state index < -0.39 is 0 Å². The highest BCUT2D eigenvalue weighted by Crippen LogP contribution is 2.17. The van der Waals surface area contributed by atoms with Crippen LogP contribution in [-0.4, -0.2) is 20.0 Å². The van der Waals surface area contributed by atoms with E-state index in [0.717, 1.165) is 21.3 Å². The molecule has 4 nitrogen and oxygen atoms in total. The summed E-state index contributed by atoms with van der Waals surface area (Å²) >= 11 is 3.32. The summed E-state index contributed by atoms with van der Waals surface area (Å²) < 4.78 is 2.48. The van der Waals surface area contributed by atoms with Crippen molar-refractivity contribution in [2.45, 2.75) is 6.92 Å². The van der Waals surface area contributed by atoms with Crippen molar-refractivity contribution in [3.63, 3.8) is 0 Å². The highest BCUT2D eigenvalue weighted by molar-refractivity contribution is 9.10. The number of fused-ring (bicyclic) bond motifs is 1. The lowest BCUT2D eigenvalue weighted by molar-refractivity contribution is 0.729. The first kappa shape index (κ1) is 7.67. The summed E-state index contributed by atoms with van der Waals surface area (Å²) in [6.45, 7) is 1.99. The minimum Gasteiger partial charge on any atom is -0.230 e. The predicted octanol–water partition coefficient (Wildman–Crippen LogP) is 1.43. The maximum atomic E-state index is 4.25. The van der Waals surface area contributed by atoms with Crippen molar-refractivity contribution in [1.29, 1.82) is 0 Å². The number of rotatable bonds is 0. The monoisotopic (exact) mass is 226 g/mol. The number of aromatic nitrogens is 4. The molecular formula is C7H7BrN4. The van der Waals surface area contributed by atoms with Crippen molar-refractivity contribution in [2.24, 2.45) is 7.05 Å². The second-order valence-electron chi connectivity index (χ2n) is 2.65. The van der Waals surface area contributed by atoms with Gasteiger partial charge in [0.05, 0.1) is 0 Å². The maximum absolute atomic E-state index is 4.25. The molecule has 62 valence electrons. The van der Waals surface area contributed by atoms with E-state index in [-0.39, 0.29) is 0 Å². The summed E-state index contributed by atoms with van der Waals surface area (Å²) in [5.41, 5.74) is 2.75. The van der Waals surface area contributed by atoms with E-state index in [9.17, 15) is 0 Å². The molecule has 0 radical (unpaired) electrons. The van der Waals surface area contributed by atoms with Gasteiger partial charge in [-0.1, -0.05) is 5.21 Å². The smallest absolute Gasteiger partial charge is 0.179 e. The van der Waals surface area contributed by atoms with E-state index in [1.54, 1.807) is 4.68 Å². The fourth-order valence-corrected chi connectivity index (χ4v) is 1.62. The number of pyridine rings is 1. The van der Waals surface area contributed by atoms with Crippen LogP contribution in [0.15, 0.2) is 10.7 Å². The average Bonchev–Trinajstić information content (AvgIpc) is 2.33. The Labute approximate surface area is 77.7 Å². The predicted molar refractivity (Wildman–Crippen MR) is 48.7 cm³/mol. The minimum atomic E-state index is 0.807. The van der Waals surface area contributed by atoms with Gasteiger partial charge in [0.1, 0.15) is 10.1 Å². The molecule has 0 saturated carbocycles. The average molecular weight is 227 g/mol. The topological polar surface area (TPSA) is 43.6 Å². The summed E-state index contributed by atoms with van der Waals surface area (Å²) in [6.07, 6.45) is 0. The third kappa shape index (κ3) is 1.01. The number of aryl methyl sites for hydroxylation is 2. The van der Waals surface area contributed by atoms with Crippen molar-refractivity contribution in [1.82, 2.24) is 20.0 Å². The second-order valence-corrected chi connectivity index (χ2v) is 3.46. The molecule has 12 heavy (non-hydrogen) atoms. The number of hydrogen-bond acceptors (Lipinski definition) is 3. The molecule has 0 fully saturated rings. The molecule has 0 atom stereocenters. The number of hydrogen-bond donors (Lipinski definition) is 0. The standard InChI is InChI=1S/C7H7BrN4/c1-4-3-5(8)9-7-6(4)10-11-12(7)2/h3H,1-2H3. The molecule has 2 heterocycles. The molecular weight excluding hydrogens is 220 g/mol. The zero-order valence-electron chi connectivity index (χ0n) is 6.74. The van der Waals surface area contributed by atoms with Gasteiger partial charge in [0.2, 0.25) is 0 Å². The van der Waals surface area contributed by atoms with E-state index >= 15 is 0 Å². The van der Waals surface area contributed by atoms with Crippen molar-refractivity contribution < 1.29 is 0 Å².